The second-order valence-electron chi connectivity index (χ2n) is 8.17. The molecule has 2 N–H and O–H groups in total. The van der Waals surface area contributed by atoms with Crippen LogP contribution in [0.2, 0.25) is 0 Å². The van der Waals surface area contributed by atoms with E-state index in [0.29, 0.717) is 33.6 Å². The summed E-state index contributed by atoms with van der Waals surface area (Å²) in [5.41, 5.74) is 9.00. The lowest BCUT2D eigenvalue weighted by Crippen LogP contribution is -2.34. The summed E-state index contributed by atoms with van der Waals surface area (Å²) in [7, 11) is 1.69. The molecule has 1 aliphatic carbocycles. The Bertz CT molecular complexity index is 1290. The minimum atomic E-state index is -0.659. The molecule has 162 valence electrons. The van der Waals surface area contributed by atoms with E-state index in [-0.39, 0.29) is 30.1 Å². The fourth-order valence-corrected chi connectivity index (χ4v) is 4.20. The van der Waals surface area contributed by atoms with Gasteiger partial charge in [-0.15, -0.1) is 0 Å². The first-order valence-electron chi connectivity index (χ1n) is 10.4. The van der Waals surface area contributed by atoms with Crippen molar-refractivity contribution >= 4 is 11.7 Å². The third kappa shape index (κ3) is 3.24. The number of hydrogen-bond donors (Lipinski definition) is 1. The number of pyridine rings is 1. The highest BCUT2D eigenvalue weighted by Gasteiger charge is 2.36. The molecular weight excluding hydrogens is 411 g/mol. The van der Waals surface area contributed by atoms with E-state index in [1.807, 2.05) is 0 Å². The van der Waals surface area contributed by atoms with Crippen molar-refractivity contribution in [2.75, 3.05) is 5.73 Å². The molecule has 1 atom stereocenters. The van der Waals surface area contributed by atoms with Crippen LogP contribution in [0.25, 0.3) is 11.1 Å². The second-order valence-corrected chi connectivity index (χ2v) is 8.17. The first kappa shape index (κ1) is 20.0. The third-order valence-corrected chi connectivity index (χ3v) is 5.95. The molecule has 2 aromatic heterocycles. The summed E-state index contributed by atoms with van der Waals surface area (Å²) >= 11 is 0. The number of carbonyl (C=O) groups excluding carboxylic acids is 1. The average molecular weight is 432 g/mol. The predicted molar refractivity (Wildman–Crippen MR) is 114 cm³/mol. The van der Waals surface area contributed by atoms with E-state index in [4.69, 9.17) is 10.5 Å². The molecule has 2 aliphatic rings. The zero-order valence-electron chi connectivity index (χ0n) is 17.7. The van der Waals surface area contributed by atoms with Crippen LogP contribution in [-0.4, -0.2) is 31.6 Å². The van der Waals surface area contributed by atoms with Crippen LogP contribution in [0.4, 0.5) is 10.2 Å². The number of carbonyl (C=O) groups is 1. The largest absolute Gasteiger partial charge is 0.482 e. The summed E-state index contributed by atoms with van der Waals surface area (Å²) in [6.07, 6.45) is 2.68. The number of benzene rings is 1. The van der Waals surface area contributed by atoms with Crippen molar-refractivity contribution in [3.8, 4) is 22.9 Å². The summed E-state index contributed by atoms with van der Waals surface area (Å²) in [5, 5.41) is 14.3. The molecule has 1 aromatic carbocycles. The molecule has 1 saturated carbocycles. The molecule has 5 rings (SSSR count). The van der Waals surface area contributed by atoms with E-state index in [0.717, 1.165) is 12.8 Å². The summed E-state index contributed by atoms with van der Waals surface area (Å²) in [6, 6.07) is 8.07. The number of nitrogens with two attached hydrogens (primary N) is 1. The monoisotopic (exact) mass is 432 g/mol. The lowest BCUT2D eigenvalue weighted by atomic mass is 10.00. The van der Waals surface area contributed by atoms with E-state index in [2.05, 4.69) is 16.2 Å². The quantitative estimate of drug-likeness (QED) is 0.632. The van der Waals surface area contributed by atoms with Gasteiger partial charge in [-0.2, -0.15) is 10.4 Å². The Morgan fingerprint density at radius 1 is 1.31 bits per heavy atom. The number of nitrogens with zero attached hydrogens (tertiary/aromatic N) is 5. The smallest absolute Gasteiger partial charge is 0.254 e. The second kappa shape index (κ2) is 7.34. The Kier molecular flexibility index (Phi) is 4.59. The Labute approximate surface area is 184 Å². The molecule has 3 heterocycles. The number of ether oxygens (including phenoxy) is 1. The number of hydrogen-bond acceptors (Lipinski definition) is 6. The Hall–Kier alpha value is -3.93. The van der Waals surface area contributed by atoms with Gasteiger partial charge in [0.15, 0.2) is 11.6 Å². The van der Waals surface area contributed by atoms with E-state index in [9.17, 15) is 14.4 Å². The maximum absolute atomic E-state index is 14.1. The molecule has 3 aromatic rings. The molecule has 1 fully saturated rings. The number of nitriles is 1. The van der Waals surface area contributed by atoms with Gasteiger partial charge in [-0.3, -0.25) is 9.48 Å². The number of halogens is 1. The van der Waals surface area contributed by atoms with Crippen LogP contribution in [0.1, 0.15) is 53.2 Å². The lowest BCUT2D eigenvalue weighted by molar-refractivity contribution is 0.0722. The van der Waals surface area contributed by atoms with Crippen LogP contribution in [-0.2, 0) is 13.6 Å². The summed E-state index contributed by atoms with van der Waals surface area (Å²) < 4.78 is 21.7. The van der Waals surface area contributed by atoms with Crippen molar-refractivity contribution < 1.29 is 13.9 Å². The number of aromatic nitrogens is 3. The molecule has 1 unspecified atom stereocenters. The van der Waals surface area contributed by atoms with Crippen molar-refractivity contribution in [3.63, 3.8) is 0 Å². The molecule has 8 nitrogen and oxygen atoms in total. The first-order chi connectivity index (χ1) is 15.4. The predicted octanol–water partition coefficient (Wildman–Crippen LogP) is 3.33. The fourth-order valence-electron chi connectivity index (χ4n) is 4.20. The standard InChI is InChI=1S/C23H21FN6O2/c1-12-17-8-14(24)3-6-16(17)23(31)30(15-4-5-15)11-18-21(19(9-25)29(2)28-18)13-7-20(32-12)22(26)27-10-13/h3,6-8,10,12,15H,4-5,11H2,1-2H3,(H2,26,27). The first-order valence-corrected chi connectivity index (χ1v) is 10.4. The molecule has 32 heavy (non-hydrogen) atoms. The highest BCUT2D eigenvalue weighted by molar-refractivity contribution is 5.96. The molecule has 0 radical (unpaired) electrons. The van der Waals surface area contributed by atoms with Crippen molar-refractivity contribution in [2.45, 2.75) is 38.5 Å². The third-order valence-electron chi connectivity index (χ3n) is 5.95. The van der Waals surface area contributed by atoms with Crippen molar-refractivity contribution in [3.05, 3.63) is 58.8 Å². The molecule has 9 heteroatoms. The lowest BCUT2D eigenvalue weighted by Gasteiger charge is -2.26. The van der Waals surface area contributed by atoms with Gasteiger partial charge in [0.25, 0.3) is 5.91 Å². The zero-order valence-corrected chi connectivity index (χ0v) is 17.7. The summed E-state index contributed by atoms with van der Waals surface area (Å²) in [5.74, 6) is -0.229. The van der Waals surface area contributed by atoms with Crippen LogP contribution in [0.3, 0.4) is 0 Å². The Balaban J connectivity index is 1.76. The Morgan fingerprint density at radius 2 is 2.09 bits per heavy atom. The topological polar surface area (TPSA) is 110 Å². The fraction of sp³-hybridized carbons (Fsp3) is 0.304. The van der Waals surface area contributed by atoms with Crippen molar-refractivity contribution in [2.24, 2.45) is 7.05 Å². The maximum atomic E-state index is 14.1. The van der Waals surface area contributed by atoms with Crippen LogP contribution in [0.15, 0.2) is 30.5 Å². The highest BCUT2D eigenvalue weighted by atomic mass is 19.1. The van der Waals surface area contributed by atoms with Gasteiger partial charge in [0.1, 0.15) is 23.7 Å². The number of amides is 1. The maximum Gasteiger partial charge on any atom is 0.254 e. The number of aryl methyl sites for hydroxylation is 1. The van der Waals surface area contributed by atoms with Gasteiger partial charge in [-0.25, -0.2) is 9.37 Å². The average Bonchev–Trinajstić information content (AvgIpc) is 3.55. The van der Waals surface area contributed by atoms with Gasteiger partial charge in [0, 0.05) is 41.5 Å². The molecule has 0 spiro atoms. The number of rotatable bonds is 1. The zero-order chi connectivity index (χ0) is 22.6. The normalized spacial score (nSPS) is 18.0. The van der Waals surface area contributed by atoms with Crippen LogP contribution >= 0.6 is 0 Å². The molecular formula is C23H21FN6O2. The van der Waals surface area contributed by atoms with E-state index in [1.54, 1.807) is 31.1 Å². The minimum Gasteiger partial charge on any atom is -0.482 e. The van der Waals surface area contributed by atoms with Gasteiger partial charge in [-0.1, -0.05) is 0 Å². The highest BCUT2D eigenvalue weighted by Crippen LogP contribution is 2.38. The summed E-state index contributed by atoms with van der Waals surface area (Å²) in [4.78, 5) is 19.7. The van der Waals surface area contributed by atoms with E-state index in [1.165, 1.54) is 22.9 Å². The van der Waals surface area contributed by atoms with Crippen LogP contribution in [0.5, 0.6) is 5.75 Å². The Morgan fingerprint density at radius 3 is 2.81 bits per heavy atom. The van der Waals surface area contributed by atoms with Gasteiger partial charge in [0.2, 0.25) is 0 Å². The number of nitrogen functional groups attached to an aromatic ring is 1. The minimum absolute atomic E-state index is 0.0695. The van der Waals surface area contributed by atoms with E-state index >= 15 is 0 Å². The van der Waals surface area contributed by atoms with Crippen molar-refractivity contribution in [1.82, 2.24) is 19.7 Å². The van der Waals surface area contributed by atoms with Gasteiger partial charge >= 0.3 is 0 Å². The van der Waals surface area contributed by atoms with Gasteiger partial charge < -0.3 is 15.4 Å². The molecule has 1 aliphatic heterocycles. The SMILES string of the molecule is CC1Oc2cc(cnc2N)-c2c(nn(C)c2C#N)CN(C2CC2)C(=O)c2ccc(F)cc21. The van der Waals surface area contributed by atoms with Crippen LogP contribution in [0, 0.1) is 17.1 Å². The molecule has 0 saturated heterocycles. The van der Waals surface area contributed by atoms with E-state index < -0.39 is 11.9 Å². The molecule has 1 amide bonds. The summed E-state index contributed by atoms with van der Waals surface area (Å²) in [6.45, 7) is 1.96. The van der Waals surface area contributed by atoms with Gasteiger partial charge in [-0.05, 0) is 44.0 Å². The number of fused-ring (bicyclic) bond motifs is 5. The molecule has 2 bridgehead atoms. The van der Waals surface area contributed by atoms with Crippen molar-refractivity contribution in [1.29, 1.82) is 5.26 Å². The number of anilines is 1. The van der Waals surface area contributed by atoms with Crippen LogP contribution < -0.4 is 10.5 Å². The van der Waals surface area contributed by atoms with Gasteiger partial charge in [0.05, 0.1) is 12.2 Å².